The van der Waals surface area contributed by atoms with E-state index in [1.54, 1.807) is 0 Å². The molecule has 1 aliphatic carbocycles. The number of halogens is 1. The molecular weight excluding hydrogens is 280 g/mol. The van der Waals surface area contributed by atoms with Crippen LogP contribution in [0.1, 0.15) is 44.1 Å². The summed E-state index contributed by atoms with van der Waals surface area (Å²) in [6.45, 7) is 2.57. The van der Waals surface area contributed by atoms with E-state index in [9.17, 15) is 0 Å². The number of benzene rings is 1. The van der Waals surface area contributed by atoms with Gasteiger partial charge in [0, 0.05) is 16.6 Å². The number of rotatable bonds is 5. The van der Waals surface area contributed by atoms with E-state index in [4.69, 9.17) is 11.6 Å². The Balaban J connectivity index is 1.82. The van der Waals surface area contributed by atoms with E-state index in [0.29, 0.717) is 11.6 Å². The molecule has 1 N–H and O–H groups in total. The normalized spacial score (nSPS) is 23.5. The van der Waals surface area contributed by atoms with Gasteiger partial charge in [0.25, 0.3) is 0 Å². The molecule has 0 radical (unpaired) electrons. The van der Waals surface area contributed by atoms with Crippen molar-refractivity contribution in [3.63, 3.8) is 0 Å². The van der Waals surface area contributed by atoms with Gasteiger partial charge >= 0.3 is 0 Å². The van der Waals surface area contributed by atoms with Gasteiger partial charge in [-0.1, -0.05) is 36.6 Å². The first-order chi connectivity index (χ1) is 10.2. The average molecular weight is 307 g/mol. The first kappa shape index (κ1) is 15.3. The number of nitrogens with zero attached hydrogens (tertiary/aromatic N) is 1. The highest BCUT2D eigenvalue weighted by Gasteiger charge is 2.45. The zero-order chi connectivity index (χ0) is 14.7. The minimum absolute atomic E-state index is 0.369. The monoisotopic (exact) mass is 306 g/mol. The first-order valence-corrected chi connectivity index (χ1v) is 8.79. The number of likely N-dealkylation sites (tertiary alicyclic amines) is 1. The van der Waals surface area contributed by atoms with Crippen molar-refractivity contribution in [2.45, 2.75) is 56.5 Å². The van der Waals surface area contributed by atoms with E-state index in [0.717, 1.165) is 11.4 Å². The highest BCUT2D eigenvalue weighted by molar-refractivity contribution is 6.30. The molecule has 1 aliphatic heterocycles. The van der Waals surface area contributed by atoms with Crippen LogP contribution in [0.3, 0.4) is 0 Å². The molecule has 116 valence electrons. The van der Waals surface area contributed by atoms with Gasteiger partial charge in [-0.3, -0.25) is 4.90 Å². The predicted octanol–water partition coefficient (Wildman–Crippen LogP) is 3.88. The molecule has 2 fully saturated rings. The summed E-state index contributed by atoms with van der Waals surface area (Å²) in [6.07, 6.45) is 9.27. The topological polar surface area (TPSA) is 15.3 Å². The summed E-state index contributed by atoms with van der Waals surface area (Å²) in [5.41, 5.74) is 1.72. The Morgan fingerprint density at radius 1 is 1.19 bits per heavy atom. The third kappa shape index (κ3) is 3.13. The summed E-state index contributed by atoms with van der Waals surface area (Å²) in [5.74, 6) is 0. The molecule has 3 rings (SSSR count). The Labute approximate surface area is 133 Å². The highest BCUT2D eigenvalue weighted by Crippen LogP contribution is 2.41. The molecule has 3 heteroatoms. The second-order valence-electron chi connectivity index (χ2n) is 6.68. The number of likely N-dealkylation sites (N-methyl/N-ethyl adjacent to an activating group) is 1. The maximum absolute atomic E-state index is 6.16. The van der Waals surface area contributed by atoms with E-state index >= 15 is 0 Å². The Morgan fingerprint density at radius 2 is 1.90 bits per heavy atom. The molecule has 0 aromatic heterocycles. The third-order valence-corrected chi connectivity index (χ3v) is 5.77. The van der Waals surface area contributed by atoms with Crippen LogP contribution in [0.25, 0.3) is 0 Å². The van der Waals surface area contributed by atoms with E-state index in [-0.39, 0.29) is 0 Å². The molecule has 1 saturated heterocycles. The lowest BCUT2D eigenvalue weighted by Gasteiger charge is -2.45. The fourth-order valence-corrected chi connectivity index (χ4v) is 4.71. The van der Waals surface area contributed by atoms with Gasteiger partial charge in [-0.2, -0.15) is 0 Å². The van der Waals surface area contributed by atoms with Gasteiger partial charge in [0.15, 0.2) is 0 Å². The van der Waals surface area contributed by atoms with E-state index in [1.807, 2.05) is 6.07 Å². The maximum Gasteiger partial charge on any atom is 0.0408 e. The molecule has 1 aromatic carbocycles. The molecule has 1 saturated carbocycles. The van der Waals surface area contributed by atoms with E-state index in [2.05, 4.69) is 35.5 Å². The van der Waals surface area contributed by atoms with Crippen LogP contribution in [0.15, 0.2) is 24.3 Å². The molecule has 1 heterocycles. The molecule has 0 bridgehead atoms. The Morgan fingerprint density at radius 3 is 2.52 bits per heavy atom. The smallest absolute Gasteiger partial charge is 0.0408 e. The Kier molecular flexibility index (Phi) is 4.88. The van der Waals surface area contributed by atoms with Crippen LogP contribution >= 0.6 is 11.6 Å². The third-order valence-electron chi connectivity index (χ3n) is 5.53. The summed E-state index contributed by atoms with van der Waals surface area (Å²) in [6, 6.07) is 8.89. The number of hydrogen-bond acceptors (Lipinski definition) is 2. The SMILES string of the molecule is CNC(Cc1cccc(Cl)c1)C1(N2CCCC2)CCCC1. The van der Waals surface area contributed by atoms with Crippen molar-refractivity contribution in [1.29, 1.82) is 0 Å². The van der Waals surface area contributed by atoms with Gasteiger partial charge in [-0.05, 0) is 69.9 Å². The van der Waals surface area contributed by atoms with Gasteiger partial charge in [0.2, 0.25) is 0 Å². The molecule has 1 atom stereocenters. The lowest BCUT2D eigenvalue weighted by Crippen LogP contribution is -2.59. The quantitative estimate of drug-likeness (QED) is 0.888. The van der Waals surface area contributed by atoms with Crippen molar-refractivity contribution in [3.8, 4) is 0 Å². The van der Waals surface area contributed by atoms with Crippen LogP contribution in [0.2, 0.25) is 5.02 Å². The first-order valence-electron chi connectivity index (χ1n) is 8.41. The second-order valence-corrected chi connectivity index (χ2v) is 7.12. The van der Waals surface area contributed by atoms with E-state index in [1.165, 1.54) is 57.2 Å². The van der Waals surface area contributed by atoms with Gasteiger partial charge in [0.1, 0.15) is 0 Å². The Hall–Kier alpha value is -0.570. The molecule has 2 nitrogen and oxygen atoms in total. The fraction of sp³-hybridized carbons (Fsp3) is 0.667. The van der Waals surface area contributed by atoms with Crippen molar-refractivity contribution in [1.82, 2.24) is 10.2 Å². The van der Waals surface area contributed by atoms with Gasteiger partial charge in [-0.25, -0.2) is 0 Å². The van der Waals surface area contributed by atoms with Crippen LogP contribution in [-0.2, 0) is 6.42 Å². The van der Waals surface area contributed by atoms with Crippen molar-refractivity contribution >= 4 is 11.6 Å². The molecule has 0 spiro atoms. The van der Waals surface area contributed by atoms with E-state index < -0.39 is 0 Å². The summed E-state index contributed by atoms with van der Waals surface area (Å²) in [7, 11) is 2.13. The average Bonchev–Trinajstić information content (AvgIpc) is 3.16. The van der Waals surface area contributed by atoms with Gasteiger partial charge in [0.05, 0.1) is 0 Å². The van der Waals surface area contributed by atoms with Crippen molar-refractivity contribution in [2.75, 3.05) is 20.1 Å². The summed E-state index contributed by atoms with van der Waals surface area (Å²) in [4.78, 5) is 2.78. The van der Waals surface area contributed by atoms with Crippen LogP contribution in [0.5, 0.6) is 0 Å². The van der Waals surface area contributed by atoms with Crippen LogP contribution in [0.4, 0.5) is 0 Å². The zero-order valence-electron chi connectivity index (χ0n) is 13.1. The number of nitrogens with one attached hydrogen (secondary N) is 1. The molecule has 2 aliphatic rings. The summed E-state index contributed by atoms with van der Waals surface area (Å²) < 4.78 is 0. The maximum atomic E-state index is 6.16. The summed E-state index contributed by atoms with van der Waals surface area (Å²) in [5, 5.41) is 4.50. The minimum Gasteiger partial charge on any atom is -0.315 e. The van der Waals surface area contributed by atoms with Crippen LogP contribution in [-0.4, -0.2) is 36.6 Å². The van der Waals surface area contributed by atoms with Crippen LogP contribution in [0, 0.1) is 0 Å². The second kappa shape index (κ2) is 6.68. The summed E-state index contributed by atoms with van der Waals surface area (Å²) >= 11 is 6.16. The molecule has 0 amide bonds. The molecule has 21 heavy (non-hydrogen) atoms. The fourth-order valence-electron chi connectivity index (χ4n) is 4.50. The van der Waals surface area contributed by atoms with Gasteiger partial charge < -0.3 is 5.32 Å². The molecular formula is C18H27ClN2. The van der Waals surface area contributed by atoms with Crippen molar-refractivity contribution in [2.24, 2.45) is 0 Å². The van der Waals surface area contributed by atoms with Crippen molar-refractivity contribution < 1.29 is 0 Å². The lowest BCUT2D eigenvalue weighted by molar-refractivity contribution is 0.0798. The highest BCUT2D eigenvalue weighted by atomic mass is 35.5. The zero-order valence-corrected chi connectivity index (χ0v) is 13.8. The lowest BCUT2D eigenvalue weighted by atomic mass is 9.82. The van der Waals surface area contributed by atoms with Crippen molar-refractivity contribution in [3.05, 3.63) is 34.9 Å². The van der Waals surface area contributed by atoms with Crippen LogP contribution < -0.4 is 5.32 Å². The predicted molar refractivity (Wildman–Crippen MR) is 90.0 cm³/mol. The standard InChI is InChI=1S/C18H27ClN2/c1-20-17(14-15-7-6-8-16(19)13-15)18(9-2-3-10-18)21-11-4-5-12-21/h6-8,13,17,20H,2-5,9-12,14H2,1H3. The number of hydrogen-bond donors (Lipinski definition) is 1. The minimum atomic E-state index is 0.369. The largest absolute Gasteiger partial charge is 0.315 e. The molecule has 1 unspecified atom stereocenters. The Bertz CT molecular complexity index is 462. The van der Waals surface area contributed by atoms with Gasteiger partial charge in [-0.15, -0.1) is 0 Å². The molecule has 1 aromatic rings.